The summed E-state index contributed by atoms with van der Waals surface area (Å²) in [6.45, 7) is 1.94. The Labute approximate surface area is 121 Å². The lowest BCUT2D eigenvalue weighted by Gasteiger charge is -2.12. The zero-order chi connectivity index (χ0) is 14.1. The van der Waals surface area contributed by atoms with Gasteiger partial charge in [-0.15, -0.1) is 0 Å². The number of pyridine rings is 1. The number of aryl methyl sites for hydroxylation is 1. The van der Waals surface area contributed by atoms with E-state index in [0.717, 1.165) is 27.8 Å². The predicted molar refractivity (Wildman–Crippen MR) is 82.9 cm³/mol. The third kappa shape index (κ3) is 2.40. The van der Waals surface area contributed by atoms with Crippen LogP contribution in [-0.4, -0.2) is 10.1 Å². The van der Waals surface area contributed by atoms with Crippen LogP contribution in [0.5, 0.6) is 5.75 Å². The van der Waals surface area contributed by atoms with E-state index in [1.165, 1.54) is 0 Å². The third-order valence-electron chi connectivity index (χ3n) is 3.18. The Morgan fingerprint density at radius 2 is 1.90 bits per heavy atom. The number of hydrogen-bond donors (Lipinski definition) is 2. The maximum atomic E-state index is 9.46. The van der Waals surface area contributed by atoms with E-state index in [0.29, 0.717) is 5.02 Å². The number of rotatable bonds is 2. The fourth-order valence-electron chi connectivity index (χ4n) is 2.16. The Bertz CT molecular complexity index is 787. The van der Waals surface area contributed by atoms with Crippen LogP contribution >= 0.6 is 11.6 Å². The summed E-state index contributed by atoms with van der Waals surface area (Å²) in [5.41, 5.74) is 3.73. The molecule has 0 aliphatic rings. The Morgan fingerprint density at radius 1 is 1.05 bits per heavy atom. The lowest BCUT2D eigenvalue weighted by Crippen LogP contribution is -1.94. The van der Waals surface area contributed by atoms with Crippen molar-refractivity contribution in [1.29, 1.82) is 0 Å². The summed E-state index contributed by atoms with van der Waals surface area (Å²) in [5.74, 6) is 0.260. The Kier molecular flexibility index (Phi) is 3.20. The van der Waals surface area contributed by atoms with Crippen LogP contribution in [0, 0.1) is 6.92 Å². The Hall–Kier alpha value is -2.26. The minimum Gasteiger partial charge on any atom is -0.508 e. The molecule has 100 valence electrons. The molecule has 3 aromatic rings. The first-order valence-corrected chi connectivity index (χ1v) is 6.62. The van der Waals surface area contributed by atoms with Crippen molar-refractivity contribution in [3.05, 3.63) is 59.2 Å². The van der Waals surface area contributed by atoms with Crippen LogP contribution in [-0.2, 0) is 0 Å². The number of phenols is 1. The van der Waals surface area contributed by atoms with Crippen molar-refractivity contribution in [2.45, 2.75) is 6.92 Å². The summed E-state index contributed by atoms with van der Waals surface area (Å²) in [6.07, 6.45) is 1.76. The maximum Gasteiger partial charge on any atom is 0.115 e. The standard InChI is InChI=1S/C16H13ClN2O/c1-10-8-12(20)3-5-14(10)19-16-6-7-18-15-4-2-11(17)9-13(15)16/h2-9,20H,1H3,(H,18,19). The second-order valence-electron chi connectivity index (χ2n) is 4.64. The Morgan fingerprint density at radius 3 is 2.70 bits per heavy atom. The van der Waals surface area contributed by atoms with Gasteiger partial charge in [0.15, 0.2) is 0 Å². The van der Waals surface area contributed by atoms with Crippen molar-refractivity contribution in [2.75, 3.05) is 5.32 Å². The van der Waals surface area contributed by atoms with Gasteiger partial charge in [-0.2, -0.15) is 0 Å². The van der Waals surface area contributed by atoms with Crippen molar-refractivity contribution in [3.8, 4) is 5.75 Å². The van der Waals surface area contributed by atoms with Gasteiger partial charge in [-0.3, -0.25) is 4.98 Å². The summed E-state index contributed by atoms with van der Waals surface area (Å²) in [4.78, 5) is 4.32. The largest absolute Gasteiger partial charge is 0.508 e. The zero-order valence-electron chi connectivity index (χ0n) is 10.9. The topological polar surface area (TPSA) is 45.1 Å². The van der Waals surface area contributed by atoms with Gasteiger partial charge in [0.2, 0.25) is 0 Å². The molecular weight excluding hydrogens is 272 g/mol. The number of fused-ring (bicyclic) bond motifs is 1. The lowest BCUT2D eigenvalue weighted by atomic mass is 10.1. The molecule has 3 rings (SSSR count). The van der Waals surface area contributed by atoms with Crippen molar-refractivity contribution >= 4 is 33.9 Å². The van der Waals surface area contributed by atoms with Crippen LogP contribution in [0.15, 0.2) is 48.7 Å². The molecule has 2 N–H and O–H groups in total. The van der Waals surface area contributed by atoms with Gasteiger partial charge in [-0.1, -0.05) is 11.6 Å². The lowest BCUT2D eigenvalue weighted by molar-refractivity contribution is 0.475. The first-order chi connectivity index (χ1) is 9.63. The number of nitrogens with one attached hydrogen (secondary N) is 1. The molecule has 0 atom stereocenters. The van der Waals surface area contributed by atoms with Gasteiger partial charge in [0.05, 0.1) is 5.52 Å². The van der Waals surface area contributed by atoms with Crippen LogP contribution in [0.1, 0.15) is 5.56 Å². The fourth-order valence-corrected chi connectivity index (χ4v) is 2.33. The summed E-state index contributed by atoms with van der Waals surface area (Å²) >= 11 is 6.06. The van der Waals surface area contributed by atoms with Crippen LogP contribution < -0.4 is 5.32 Å². The molecule has 0 spiro atoms. The fraction of sp³-hybridized carbons (Fsp3) is 0.0625. The highest BCUT2D eigenvalue weighted by molar-refractivity contribution is 6.31. The Balaban J connectivity index is 2.08. The molecule has 0 aliphatic carbocycles. The molecule has 3 nitrogen and oxygen atoms in total. The molecular formula is C16H13ClN2O. The number of hydrogen-bond acceptors (Lipinski definition) is 3. The number of aromatic hydroxyl groups is 1. The highest BCUT2D eigenvalue weighted by Crippen LogP contribution is 2.29. The third-order valence-corrected chi connectivity index (χ3v) is 3.42. The van der Waals surface area contributed by atoms with E-state index < -0.39 is 0 Å². The van der Waals surface area contributed by atoms with Gasteiger partial charge in [-0.25, -0.2) is 0 Å². The molecule has 0 unspecified atom stereocenters. The number of halogens is 1. The molecule has 20 heavy (non-hydrogen) atoms. The van der Waals surface area contributed by atoms with Crippen LogP contribution in [0.25, 0.3) is 10.9 Å². The SMILES string of the molecule is Cc1cc(O)ccc1Nc1ccnc2ccc(Cl)cc12. The van der Waals surface area contributed by atoms with E-state index in [1.807, 2.05) is 37.3 Å². The van der Waals surface area contributed by atoms with E-state index in [-0.39, 0.29) is 5.75 Å². The van der Waals surface area contributed by atoms with Crippen LogP contribution in [0.3, 0.4) is 0 Å². The molecule has 0 saturated carbocycles. The molecule has 1 aromatic heterocycles. The number of nitrogens with zero attached hydrogens (tertiary/aromatic N) is 1. The predicted octanol–water partition coefficient (Wildman–Crippen LogP) is 4.65. The molecule has 0 saturated heterocycles. The van der Waals surface area contributed by atoms with E-state index in [9.17, 15) is 5.11 Å². The number of phenolic OH excluding ortho intramolecular Hbond substituents is 1. The zero-order valence-corrected chi connectivity index (χ0v) is 11.6. The smallest absolute Gasteiger partial charge is 0.115 e. The molecule has 0 bridgehead atoms. The molecule has 1 heterocycles. The highest BCUT2D eigenvalue weighted by Gasteiger charge is 2.05. The van der Waals surface area contributed by atoms with Crippen LogP contribution in [0.4, 0.5) is 11.4 Å². The van der Waals surface area contributed by atoms with E-state index in [1.54, 1.807) is 18.3 Å². The quantitative estimate of drug-likeness (QED) is 0.674. The normalized spacial score (nSPS) is 10.7. The van der Waals surface area contributed by atoms with Crippen LogP contribution in [0.2, 0.25) is 5.02 Å². The number of anilines is 2. The highest BCUT2D eigenvalue weighted by atomic mass is 35.5. The molecule has 0 radical (unpaired) electrons. The van der Waals surface area contributed by atoms with Gasteiger partial charge in [0, 0.05) is 28.0 Å². The summed E-state index contributed by atoms with van der Waals surface area (Å²) < 4.78 is 0. The second kappa shape index (κ2) is 5.02. The summed E-state index contributed by atoms with van der Waals surface area (Å²) in [6, 6.07) is 12.7. The summed E-state index contributed by atoms with van der Waals surface area (Å²) in [5, 5.41) is 14.5. The van der Waals surface area contributed by atoms with Crippen molar-refractivity contribution in [2.24, 2.45) is 0 Å². The number of aromatic nitrogens is 1. The summed E-state index contributed by atoms with van der Waals surface area (Å²) in [7, 11) is 0. The van der Waals surface area contributed by atoms with Gasteiger partial charge < -0.3 is 10.4 Å². The molecule has 0 amide bonds. The minimum absolute atomic E-state index is 0.260. The van der Waals surface area contributed by atoms with E-state index >= 15 is 0 Å². The second-order valence-corrected chi connectivity index (χ2v) is 5.08. The first kappa shape index (κ1) is 12.8. The molecule has 2 aromatic carbocycles. The average molecular weight is 285 g/mol. The monoisotopic (exact) mass is 284 g/mol. The van der Waals surface area contributed by atoms with Crippen molar-refractivity contribution < 1.29 is 5.11 Å². The van der Waals surface area contributed by atoms with E-state index in [4.69, 9.17) is 11.6 Å². The minimum atomic E-state index is 0.260. The number of benzene rings is 2. The van der Waals surface area contributed by atoms with Crippen molar-refractivity contribution in [3.63, 3.8) is 0 Å². The molecule has 0 fully saturated rings. The average Bonchev–Trinajstić information content (AvgIpc) is 2.42. The van der Waals surface area contributed by atoms with E-state index in [2.05, 4.69) is 10.3 Å². The first-order valence-electron chi connectivity index (χ1n) is 6.24. The van der Waals surface area contributed by atoms with Gasteiger partial charge in [0.1, 0.15) is 5.75 Å². The molecule has 4 heteroatoms. The van der Waals surface area contributed by atoms with Gasteiger partial charge >= 0.3 is 0 Å². The maximum absolute atomic E-state index is 9.46. The van der Waals surface area contributed by atoms with Gasteiger partial charge in [-0.05, 0) is 55.0 Å². The molecule has 0 aliphatic heterocycles. The van der Waals surface area contributed by atoms with Crippen molar-refractivity contribution in [1.82, 2.24) is 4.98 Å². The van der Waals surface area contributed by atoms with Gasteiger partial charge in [0.25, 0.3) is 0 Å².